The second kappa shape index (κ2) is 5.56. The van der Waals surface area contributed by atoms with Gasteiger partial charge in [0.2, 0.25) is 0 Å². The van der Waals surface area contributed by atoms with Crippen molar-refractivity contribution < 1.29 is 0 Å². The molecule has 3 nitrogen and oxygen atoms in total. The smallest absolute Gasteiger partial charge is 0.155 e. The predicted molar refractivity (Wildman–Crippen MR) is 89.0 cm³/mol. The molecule has 1 aromatic carbocycles. The topological polar surface area (TPSA) is 30.2 Å². The average molecular weight is 291 g/mol. The third-order valence-electron chi connectivity index (χ3n) is 4.73. The summed E-state index contributed by atoms with van der Waals surface area (Å²) in [6, 6.07) is 13.1. The Morgan fingerprint density at radius 1 is 1.00 bits per heavy atom. The maximum absolute atomic E-state index is 4.71. The lowest BCUT2D eigenvalue weighted by molar-refractivity contribution is 0.443. The van der Waals surface area contributed by atoms with Gasteiger partial charge in [-0.15, -0.1) is 0 Å². The van der Waals surface area contributed by atoms with E-state index in [1.54, 1.807) is 0 Å². The Hall–Kier alpha value is -2.16. The molecule has 0 unspecified atom stereocenters. The van der Waals surface area contributed by atoms with E-state index in [2.05, 4.69) is 29.4 Å². The second-order valence-corrected chi connectivity index (χ2v) is 6.36. The van der Waals surface area contributed by atoms with Gasteiger partial charge in [0.15, 0.2) is 5.65 Å². The van der Waals surface area contributed by atoms with Gasteiger partial charge < -0.3 is 0 Å². The van der Waals surface area contributed by atoms with E-state index in [0.29, 0.717) is 0 Å². The summed E-state index contributed by atoms with van der Waals surface area (Å²) in [5.74, 6) is 0.760. The minimum Gasteiger partial charge on any atom is -0.229 e. The number of hydrogen-bond acceptors (Lipinski definition) is 2. The van der Waals surface area contributed by atoms with Crippen LogP contribution in [0.25, 0.3) is 16.9 Å². The van der Waals surface area contributed by atoms with Crippen molar-refractivity contribution in [2.24, 2.45) is 0 Å². The fourth-order valence-corrected chi connectivity index (χ4v) is 3.52. The molecule has 0 N–H and O–H groups in total. The lowest BCUT2D eigenvalue weighted by Crippen LogP contribution is -2.04. The van der Waals surface area contributed by atoms with Crippen molar-refractivity contribution in [2.75, 3.05) is 0 Å². The summed E-state index contributed by atoms with van der Waals surface area (Å²) in [5, 5.41) is 4.38. The van der Waals surface area contributed by atoms with E-state index < -0.39 is 0 Å². The average Bonchev–Trinajstić information content (AvgIpc) is 2.95. The number of benzene rings is 1. The Kier molecular flexibility index (Phi) is 3.41. The van der Waals surface area contributed by atoms with Gasteiger partial charge in [-0.05, 0) is 37.3 Å². The molecule has 4 rings (SSSR count). The van der Waals surface area contributed by atoms with Gasteiger partial charge in [0, 0.05) is 17.8 Å². The molecule has 1 fully saturated rings. The fraction of sp³-hybridized carbons (Fsp3) is 0.368. The summed E-state index contributed by atoms with van der Waals surface area (Å²) in [7, 11) is 0. The summed E-state index contributed by atoms with van der Waals surface area (Å²) >= 11 is 0. The van der Waals surface area contributed by atoms with Crippen LogP contribution in [-0.4, -0.2) is 14.6 Å². The summed E-state index contributed by atoms with van der Waals surface area (Å²) in [6.07, 6.45) is 8.84. The maximum atomic E-state index is 4.71. The van der Waals surface area contributed by atoms with E-state index in [4.69, 9.17) is 4.98 Å². The minimum absolute atomic E-state index is 0.760. The molecule has 0 saturated heterocycles. The summed E-state index contributed by atoms with van der Waals surface area (Å²) in [6.45, 7) is 1.99. The lowest BCUT2D eigenvalue weighted by Gasteiger charge is -2.22. The van der Waals surface area contributed by atoms with Crippen LogP contribution < -0.4 is 0 Å². The van der Waals surface area contributed by atoms with E-state index >= 15 is 0 Å². The van der Waals surface area contributed by atoms with Crippen molar-refractivity contribution in [3.05, 3.63) is 53.9 Å². The first-order valence-electron chi connectivity index (χ1n) is 8.23. The van der Waals surface area contributed by atoms with E-state index in [9.17, 15) is 0 Å². The van der Waals surface area contributed by atoms with Crippen LogP contribution in [0.2, 0.25) is 0 Å². The SMILES string of the molecule is Cc1cc2nc(-c3ccc(C4CCCCC4)cc3)ccn2n1. The Morgan fingerprint density at radius 2 is 1.77 bits per heavy atom. The quantitative estimate of drug-likeness (QED) is 0.682. The molecule has 2 aromatic heterocycles. The van der Waals surface area contributed by atoms with Gasteiger partial charge >= 0.3 is 0 Å². The van der Waals surface area contributed by atoms with Crippen molar-refractivity contribution in [2.45, 2.75) is 44.9 Å². The zero-order valence-corrected chi connectivity index (χ0v) is 13.0. The number of aryl methyl sites for hydroxylation is 1. The molecule has 0 amide bonds. The van der Waals surface area contributed by atoms with Gasteiger partial charge in [-0.3, -0.25) is 0 Å². The van der Waals surface area contributed by atoms with Crippen LogP contribution in [0, 0.1) is 6.92 Å². The maximum Gasteiger partial charge on any atom is 0.155 e. The molecule has 2 heterocycles. The number of fused-ring (bicyclic) bond motifs is 1. The highest BCUT2D eigenvalue weighted by Crippen LogP contribution is 2.33. The lowest BCUT2D eigenvalue weighted by atomic mass is 9.84. The van der Waals surface area contributed by atoms with Crippen LogP contribution >= 0.6 is 0 Å². The molecular formula is C19H21N3. The molecule has 0 atom stereocenters. The molecule has 3 heteroatoms. The van der Waals surface area contributed by atoms with Crippen LogP contribution in [-0.2, 0) is 0 Å². The Balaban J connectivity index is 1.63. The third-order valence-corrected chi connectivity index (χ3v) is 4.73. The highest BCUT2D eigenvalue weighted by Gasteiger charge is 2.15. The van der Waals surface area contributed by atoms with Gasteiger partial charge in [0.1, 0.15) is 0 Å². The zero-order chi connectivity index (χ0) is 14.9. The Morgan fingerprint density at radius 3 is 2.55 bits per heavy atom. The summed E-state index contributed by atoms with van der Waals surface area (Å²) in [5.41, 5.74) is 5.59. The highest BCUT2D eigenvalue weighted by atomic mass is 15.2. The van der Waals surface area contributed by atoms with Gasteiger partial charge in [-0.2, -0.15) is 5.10 Å². The van der Waals surface area contributed by atoms with Crippen LogP contribution in [0.5, 0.6) is 0 Å². The van der Waals surface area contributed by atoms with Crippen LogP contribution in [0.1, 0.15) is 49.3 Å². The molecule has 0 aliphatic heterocycles. The first kappa shape index (κ1) is 13.5. The first-order valence-corrected chi connectivity index (χ1v) is 8.23. The van der Waals surface area contributed by atoms with Crippen molar-refractivity contribution in [1.82, 2.24) is 14.6 Å². The van der Waals surface area contributed by atoms with Crippen LogP contribution in [0.4, 0.5) is 0 Å². The van der Waals surface area contributed by atoms with Crippen molar-refractivity contribution >= 4 is 5.65 Å². The van der Waals surface area contributed by atoms with Crippen molar-refractivity contribution in [1.29, 1.82) is 0 Å². The van der Waals surface area contributed by atoms with E-state index in [0.717, 1.165) is 23.0 Å². The highest BCUT2D eigenvalue weighted by molar-refractivity contribution is 5.62. The molecule has 0 bridgehead atoms. The van der Waals surface area contributed by atoms with Gasteiger partial charge in [-0.1, -0.05) is 43.5 Å². The number of nitrogens with zero attached hydrogens (tertiary/aromatic N) is 3. The molecule has 1 saturated carbocycles. The van der Waals surface area contributed by atoms with Gasteiger partial charge in [0.05, 0.1) is 11.4 Å². The van der Waals surface area contributed by atoms with Gasteiger partial charge in [0.25, 0.3) is 0 Å². The normalized spacial score (nSPS) is 16.2. The molecule has 1 aliphatic carbocycles. The van der Waals surface area contributed by atoms with Crippen molar-refractivity contribution in [3.8, 4) is 11.3 Å². The fourth-order valence-electron chi connectivity index (χ4n) is 3.52. The molecule has 0 spiro atoms. The summed E-state index contributed by atoms with van der Waals surface area (Å²) < 4.78 is 1.83. The monoisotopic (exact) mass is 291 g/mol. The summed E-state index contributed by atoms with van der Waals surface area (Å²) in [4.78, 5) is 4.71. The number of hydrogen-bond donors (Lipinski definition) is 0. The first-order chi connectivity index (χ1) is 10.8. The van der Waals surface area contributed by atoms with Crippen LogP contribution in [0.15, 0.2) is 42.6 Å². The van der Waals surface area contributed by atoms with Gasteiger partial charge in [-0.25, -0.2) is 9.50 Å². The molecular weight excluding hydrogens is 270 g/mol. The second-order valence-electron chi connectivity index (χ2n) is 6.36. The zero-order valence-electron chi connectivity index (χ0n) is 13.0. The molecule has 0 radical (unpaired) electrons. The number of rotatable bonds is 2. The largest absolute Gasteiger partial charge is 0.229 e. The standard InChI is InChI=1S/C19H21N3/c1-14-13-19-20-18(11-12-22(19)21-14)17-9-7-16(8-10-17)15-5-3-2-4-6-15/h7-13,15H,2-6H2,1H3. The molecule has 3 aromatic rings. The molecule has 22 heavy (non-hydrogen) atoms. The van der Waals surface area contributed by atoms with E-state index in [1.807, 2.05) is 29.8 Å². The van der Waals surface area contributed by atoms with Crippen molar-refractivity contribution in [3.63, 3.8) is 0 Å². The van der Waals surface area contributed by atoms with E-state index in [-0.39, 0.29) is 0 Å². The molecule has 1 aliphatic rings. The predicted octanol–water partition coefficient (Wildman–Crippen LogP) is 4.75. The number of aromatic nitrogens is 3. The third kappa shape index (κ3) is 2.52. The van der Waals surface area contributed by atoms with Crippen LogP contribution in [0.3, 0.4) is 0 Å². The Bertz CT molecular complexity index is 780. The van der Waals surface area contributed by atoms with E-state index in [1.165, 1.54) is 43.2 Å². The molecule has 112 valence electrons. The Labute approximate surface area is 131 Å². The minimum atomic E-state index is 0.760.